The number of alkyl halides is 2. The molecular weight excluding hydrogens is 1110 g/mol. The number of nitrogens with two attached hydrogens (primary N) is 1. The van der Waals surface area contributed by atoms with Gasteiger partial charge in [0.1, 0.15) is 35.2 Å². The number of amides is 4. The van der Waals surface area contributed by atoms with Crippen LogP contribution in [0, 0.1) is 11.7 Å². The van der Waals surface area contributed by atoms with E-state index in [1.54, 1.807) is 80.6 Å². The number of nitrogens with one attached hydrogen (secondary N) is 3. The Kier molecular flexibility index (Phi) is 18.4. The third kappa shape index (κ3) is 12.3. The van der Waals surface area contributed by atoms with Crippen molar-refractivity contribution in [3.63, 3.8) is 0 Å². The van der Waals surface area contributed by atoms with Crippen LogP contribution in [0.3, 0.4) is 0 Å². The molecule has 2 aliphatic heterocycles. The summed E-state index contributed by atoms with van der Waals surface area (Å²) >= 11 is 0. The smallest absolute Gasteiger partial charge is 0.330 e. The predicted octanol–water partition coefficient (Wildman–Crippen LogP) is 7.44. The first kappa shape index (κ1) is 57.1. The predicted molar refractivity (Wildman–Crippen MR) is 280 cm³/mol. The van der Waals surface area contributed by atoms with Crippen LogP contribution < -0.4 is 25.8 Å². The molecule has 2 saturated heterocycles. The van der Waals surface area contributed by atoms with Crippen molar-refractivity contribution < 1.29 is 46.1 Å². The number of fused-ring (bicyclic) bond motifs is 1. The number of likely N-dealkylation sites (N-methyl/N-ethyl adjacent to an activating group) is 1. The molecule has 4 unspecified atom stereocenters. The number of aldehydes is 1. The van der Waals surface area contributed by atoms with Gasteiger partial charge in [0, 0.05) is 155 Å². The minimum absolute atomic E-state index is 0. The Hall–Kier alpha value is -5.57. The van der Waals surface area contributed by atoms with E-state index >= 15 is 0 Å². The van der Waals surface area contributed by atoms with Crippen LogP contribution in [0.2, 0.25) is 0 Å². The van der Waals surface area contributed by atoms with Crippen LogP contribution in [0.15, 0.2) is 79.3 Å². The molecule has 3 aromatic heterocycles. The number of aromatic nitrogens is 5. The van der Waals surface area contributed by atoms with Gasteiger partial charge in [-0.25, -0.2) is 13.6 Å². The number of anilines is 3. The maximum atomic E-state index is 13.6. The molecule has 23 heteroatoms. The fourth-order valence-corrected chi connectivity index (χ4v) is 10.3. The number of piperidine rings is 2. The van der Waals surface area contributed by atoms with Crippen LogP contribution in [0.25, 0.3) is 33.3 Å². The Labute approximate surface area is 493 Å². The molecule has 6 aromatic rings. The molecule has 1 radical (unpaired) electrons. The van der Waals surface area contributed by atoms with Gasteiger partial charge in [0.2, 0.25) is 17.7 Å². The van der Waals surface area contributed by atoms with Gasteiger partial charge in [-0.2, -0.15) is 19.0 Å². The molecule has 75 heavy (non-hydrogen) atoms. The average Bonchev–Trinajstić information content (AvgIpc) is 3.99. The van der Waals surface area contributed by atoms with Crippen LogP contribution in [0.4, 0.5) is 30.4 Å². The molecule has 3 fully saturated rings. The molecule has 5 heterocycles. The SMILES string of the molecule is CC(Oc1cc(-c2nn(C)c3c(-c4cnn(C5CCN(C(=O)C6CCC6)C(C)(C)C5)c4)cnc(N)c23)ccc1NS(=O)C(F)F)c1ccc(F)cc1.CNc1cccc(C=O)c1C(=O)N(C)C1CCC(=O)NC1=O.[Cs]. The number of pyridine rings is 1. The van der Waals surface area contributed by atoms with Crippen LogP contribution in [-0.2, 0) is 32.4 Å². The fraction of sp³-hybridized carbons (Fsp3) is 0.385. The quantitative estimate of drug-likeness (QED) is 0.0617. The number of halogens is 3. The van der Waals surface area contributed by atoms with Crippen LogP contribution in [-0.4, -0.2) is 175 Å². The van der Waals surface area contributed by atoms with Crippen molar-refractivity contribution in [2.24, 2.45) is 13.0 Å². The Morgan fingerprint density at radius 3 is 2.40 bits per heavy atom. The Morgan fingerprint density at radius 1 is 1.03 bits per heavy atom. The summed E-state index contributed by atoms with van der Waals surface area (Å²) in [6, 6.07) is 14.8. The van der Waals surface area contributed by atoms with Crippen molar-refractivity contribution in [3.8, 4) is 28.1 Å². The zero-order valence-electron chi connectivity index (χ0n) is 42.7. The average molecular weight is 1170 g/mol. The van der Waals surface area contributed by atoms with Crippen molar-refractivity contribution >= 4 is 138 Å². The van der Waals surface area contributed by atoms with Gasteiger partial charge in [0.15, 0.2) is 17.3 Å². The van der Waals surface area contributed by atoms with E-state index in [0.29, 0.717) is 46.2 Å². The number of likely N-dealkylation sites (tertiary alicyclic amines) is 1. The van der Waals surface area contributed by atoms with Crippen molar-refractivity contribution in [1.82, 2.24) is 39.7 Å². The van der Waals surface area contributed by atoms with Gasteiger partial charge in [0.25, 0.3) is 5.91 Å². The largest absolute Gasteiger partial charge is 0.484 e. The van der Waals surface area contributed by atoms with Crippen molar-refractivity contribution in [2.45, 2.75) is 95.2 Å². The van der Waals surface area contributed by atoms with Gasteiger partial charge in [-0.15, -0.1) is 0 Å². The summed E-state index contributed by atoms with van der Waals surface area (Å²) in [5.41, 5.74) is 11.2. The zero-order valence-corrected chi connectivity index (χ0v) is 49.8. The monoisotopic (exact) mass is 1170 g/mol. The molecule has 5 N–H and O–H groups in total. The van der Waals surface area contributed by atoms with Gasteiger partial charge in [-0.3, -0.25) is 43.4 Å². The number of hydrogen-bond acceptors (Lipinski definition) is 12. The third-order valence-electron chi connectivity index (χ3n) is 14.0. The summed E-state index contributed by atoms with van der Waals surface area (Å²) < 4.78 is 64.5. The summed E-state index contributed by atoms with van der Waals surface area (Å²) in [6.07, 6.45) is 10.6. The summed E-state index contributed by atoms with van der Waals surface area (Å²) in [5, 5.41) is 15.2. The normalized spacial score (nSPS) is 18.1. The Balaban J connectivity index is 0.000000299. The number of hydrogen-bond donors (Lipinski definition) is 4. The standard InChI is InChI=1S/C37H41F3N8O3S.C15H17N3O4.Cs/c1-21(22-8-11-26(38)12-9-22)51-30-16-24(10-13-29(30)45-52(50)36(39)40)32-31-33(46(4)44-32)28(19-42-34(31)41)25-18-43-48(20-25)27-14-15-47(37(2,3)17-27)35(49)23-6-5-7-23;1-16-10-5-3-4-9(8-19)13(10)15(22)18(2)11-6-7-12(20)17-14(11)21;/h8-13,16,18-21,23,27,36,45H,5-7,14-15,17H2,1-4H3,(H2,41,42);3-5,8,11,16H,6-7H2,1-2H3,(H,17,20,21);. The second-order valence-electron chi connectivity index (χ2n) is 19.2. The first-order chi connectivity index (χ1) is 35.3. The minimum Gasteiger partial charge on any atom is -0.484 e. The van der Waals surface area contributed by atoms with Gasteiger partial charge in [-0.1, -0.05) is 36.8 Å². The Bertz CT molecular complexity index is 3150. The number of carbonyl (C=O) groups is 5. The zero-order chi connectivity index (χ0) is 53.2. The number of rotatable bonds is 14. The molecule has 1 aliphatic carbocycles. The van der Waals surface area contributed by atoms with E-state index in [0.717, 1.165) is 43.2 Å². The fourth-order valence-electron chi connectivity index (χ4n) is 9.79. The molecular formula is C52H58CsF3N11O7S. The van der Waals surface area contributed by atoms with E-state index in [-0.39, 0.29) is 139 Å². The molecule has 1 saturated carbocycles. The molecule has 0 spiro atoms. The van der Waals surface area contributed by atoms with Crippen molar-refractivity contribution in [3.05, 3.63) is 102 Å². The van der Waals surface area contributed by atoms with Gasteiger partial charge >= 0.3 is 5.76 Å². The molecule has 9 rings (SSSR count). The molecule has 3 aromatic carbocycles. The van der Waals surface area contributed by atoms with Crippen LogP contribution in [0.1, 0.15) is 104 Å². The topological polar surface area (TPSA) is 229 Å². The van der Waals surface area contributed by atoms with Crippen molar-refractivity contribution in [1.29, 1.82) is 0 Å². The number of aryl methyl sites for hydroxylation is 1. The number of carbonyl (C=O) groups excluding carboxylic acids is 5. The van der Waals surface area contributed by atoms with E-state index in [2.05, 4.69) is 39.1 Å². The third-order valence-corrected chi connectivity index (χ3v) is 14.8. The summed E-state index contributed by atoms with van der Waals surface area (Å²) in [5.74, 6) is -4.02. The number of imide groups is 1. The Morgan fingerprint density at radius 2 is 1.76 bits per heavy atom. The molecule has 18 nitrogen and oxygen atoms in total. The van der Waals surface area contributed by atoms with E-state index in [9.17, 15) is 41.4 Å². The summed E-state index contributed by atoms with van der Waals surface area (Å²) in [4.78, 5) is 68.0. The molecule has 0 bridgehead atoms. The first-order valence-electron chi connectivity index (χ1n) is 24.2. The molecule has 4 amide bonds. The second kappa shape index (κ2) is 24.2. The van der Waals surface area contributed by atoms with E-state index < -0.39 is 46.5 Å². The van der Waals surface area contributed by atoms with Gasteiger partial charge in [-0.05, 0) is 88.8 Å². The number of ether oxygens (including phenoxy) is 1. The van der Waals surface area contributed by atoms with Crippen LogP contribution in [0.5, 0.6) is 5.75 Å². The minimum atomic E-state index is -3.13. The van der Waals surface area contributed by atoms with E-state index in [4.69, 9.17) is 20.7 Å². The molecule has 4 atom stereocenters. The van der Waals surface area contributed by atoms with E-state index in [1.165, 1.54) is 30.1 Å². The van der Waals surface area contributed by atoms with Crippen LogP contribution >= 0.6 is 0 Å². The summed E-state index contributed by atoms with van der Waals surface area (Å²) in [6.45, 7) is 6.68. The number of nitrogen functional groups attached to an aromatic ring is 1. The second-order valence-corrected chi connectivity index (χ2v) is 20.4. The molecule has 391 valence electrons. The molecule has 3 aliphatic rings. The number of benzene rings is 3. The van der Waals surface area contributed by atoms with Gasteiger partial charge < -0.3 is 25.6 Å². The maximum absolute atomic E-state index is 13.6. The first-order valence-corrected chi connectivity index (χ1v) is 25.4. The number of nitrogens with zero attached hydrogens (tertiary/aromatic N) is 7. The van der Waals surface area contributed by atoms with E-state index in [1.807, 2.05) is 10.9 Å². The van der Waals surface area contributed by atoms with Crippen molar-refractivity contribution in [2.75, 3.05) is 36.4 Å². The van der Waals surface area contributed by atoms with Gasteiger partial charge in [0.05, 0.1) is 34.4 Å². The maximum Gasteiger partial charge on any atom is 0.330 e. The summed E-state index contributed by atoms with van der Waals surface area (Å²) in [7, 11) is 2.24.